The van der Waals surface area contributed by atoms with Crippen molar-refractivity contribution >= 4 is 5.78 Å². The number of carbonyl (C=O) groups excluding carboxylic acids is 1. The van der Waals surface area contributed by atoms with Crippen molar-refractivity contribution in [3.05, 3.63) is 106 Å². The first-order valence-corrected chi connectivity index (χ1v) is 11.9. The maximum Gasteiger partial charge on any atom is 0.224 e. The topological polar surface area (TPSA) is 71.8 Å². The van der Waals surface area contributed by atoms with Crippen LogP contribution in [-0.2, 0) is 0 Å². The van der Waals surface area contributed by atoms with Crippen LogP contribution in [0.1, 0.15) is 41.5 Å². The number of aromatic hydroxyl groups is 1. The van der Waals surface area contributed by atoms with Crippen LogP contribution < -0.4 is 15.2 Å². The maximum absolute atomic E-state index is 15.1. The minimum absolute atomic E-state index is 0.0188. The van der Waals surface area contributed by atoms with Crippen molar-refractivity contribution in [1.82, 2.24) is 4.68 Å². The van der Waals surface area contributed by atoms with Gasteiger partial charge in [-0.25, -0.2) is 4.39 Å². The van der Waals surface area contributed by atoms with Crippen molar-refractivity contribution in [3.63, 3.8) is 0 Å². The number of ether oxygens (including phenoxy) is 1. The van der Waals surface area contributed by atoms with Crippen molar-refractivity contribution in [2.45, 2.75) is 19.9 Å². The number of pyridine rings is 1. The fourth-order valence-corrected chi connectivity index (χ4v) is 5.26. The molecule has 3 heterocycles. The van der Waals surface area contributed by atoms with Crippen LogP contribution in [0.3, 0.4) is 0 Å². The molecule has 0 fully saturated rings. The van der Waals surface area contributed by atoms with E-state index in [0.717, 1.165) is 11.6 Å². The monoisotopic (exact) mass is 492 g/mol. The van der Waals surface area contributed by atoms with Crippen molar-refractivity contribution in [2.24, 2.45) is 17.8 Å². The van der Waals surface area contributed by atoms with Gasteiger partial charge in [0.05, 0.1) is 6.04 Å². The molecule has 0 saturated heterocycles. The van der Waals surface area contributed by atoms with Crippen LogP contribution in [0.5, 0.6) is 11.5 Å². The number of fused-ring (bicyclic) bond motifs is 5. The van der Waals surface area contributed by atoms with E-state index in [1.807, 2.05) is 55.3 Å². The van der Waals surface area contributed by atoms with E-state index in [1.165, 1.54) is 23.0 Å². The summed E-state index contributed by atoms with van der Waals surface area (Å²) in [6, 6.07) is 12.2. The third-order valence-corrected chi connectivity index (χ3v) is 6.99. The van der Waals surface area contributed by atoms with Gasteiger partial charge in [0.1, 0.15) is 6.61 Å². The van der Waals surface area contributed by atoms with Crippen LogP contribution in [0.2, 0.25) is 0 Å². The summed E-state index contributed by atoms with van der Waals surface area (Å²) >= 11 is 0. The van der Waals surface area contributed by atoms with Crippen LogP contribution in [-0.4, -0.2) is 28.7 Å². The van der Waals surface area contributed by atoms with E-state index >= 15 is 4.39 Å². The average molecular weight is 493 g/mol. The molecule has 1 N–H and O–H groups in total. The Balaban J connectivity index is 1.85. The first-order valence-electron chi connectivity index (χ1n) is 11.9. The highest BCUT2D eigenvalue weighted by atomic mass is 19.2. The second-order valence-corrected chi connectivity index (χ2v) is 9.47. The molecule has 2 aliphatic rings. The van der Waals surface area contributed by atoms with Gasteiger partial charge in [-0.1, -0.05) is 56.3 Å². The molecule has 3 aromatic rings. The summed E-state index contributed by atoms with van der Waals surface area (Å²) in [5.41, 5.74) is 0.305. The Bertz CT molecular complexity index is 1400. The van der Waals surface area contributed by atoms with Crippen LogP contribution in [0.4, 0.5) is 8.78 Å². The van der Waals surface area contributed by atoms with Gasteiger partial charge in [-0.05, 0) is 29.5 Å². The molecule has 186 valence electrons. The van der Waals surface area contributed by atoms with Gasteiger partial charge >= 0.3 is 0 Å². The zero-order valence-corrected chi connectivity index (χ0v) is 19.9. The van der Waals surface area contributed by atoms with Gasteiger partial charge in [-0.15, -0.1) is 0 Å². The number of nitrogens with zero attached hydrogens (tertiary/aromatic N) is 2. The molecule has 2 bridgehead atoms. The van der Waals surface area contributed by atoms with E-state index in [0.29, 0.717) is 5.56 Å². The molecule has 1 aromatic heterocycles. The third-order valence-electron chi connectivity index (χ3n) is 6.99. The van der Waals surface area contributed by atoms with E-state index in [2.05, 4.69) is 0 Å². The molecule has 36 heavy (non-hydrogen) atoms. The van der Waals surface area contributed by atoms with Crippen molar-refractivity contribution in [3.8, 4) is 11.5 Å². The van der Waals surface area contributed by atoms with Gasteiger partial charge in [0.2, 0.25) is 11.2 Å². The molecule has 0 saturated carbocycles. The number of allylic oxidation sites excluding steroid dienone is 1. The second kappa shape index (κ2) is 9.26. The van der Waals surface area contributed by atoms with Gasteiger partial charge in [0, 0.05) is 30.3 Å². The lowest BCUT2D eigenvalue weighted by molar-refractivity contribution is 0.0822. The quantitative estimate of drug-likeness (QED) is 0.530. The molecule has 2 aliphatic heterocycles. The number of hydrogen-bond donors (Lipinski definition) is 1. The molecule has 3 atom stereocenters. The maximum atomic E-state index is 15.1. The first kappa shape index (κ1) is 23.8. The summed E-state index contributed by atoms with van der Waals surface area (Å²) in [6.07, 6.45) is 4.98. The summed E-state index contributed by atoms with van der Waals surface area (Å²) in [7, 11) is 0. The SMILES string of the molecule is CC(C)[C@@H]1/C=C/COc2c(ccc(F)c2F)[C@@H](c2ccccc2)N2CC1C(=O)c1c(O)c(=O)ccn12. The summed E-state index contributed by atoms with van der Waals surface area (Å²) in [5.74, 6) is -4.17. The fraction of sp³-hybridized carbons (Fsp3) is 0.286. The zero-order valence-electron chi connectivity index (χ0n) is 19.9. The first-order chi connectivity index (χ1) is 17.3. The van der Waals surface area contributed by atoms with Crippen LogP contribution in [0, 0.1) is 29.4 Å². The highest BCUT2D eigenvalue weighted by Crippen LogP contribution is 2.41. The third kappa shape index (κ3) is 3.86. The molecular formula is C28H26F2N2O4. The standard InChI is InChI=1S/C28H26F2N2O4/c1-16(2)18-9-6-14-36-28-19(10-11-21(29)23(28)30)24(17-7-4-3-5-8-17)32-15-20(18)26(34)25-27(35)22(33)12-13-31(25)32/h3-13,16,18,20,24,35H,14-15H2,1-2H3/b9-6+/t18-,20?,24+/m0/s1. The zero-order chi connectivity index (χ0) is 25.6. The molecule has 5 rings (SSSR count). The Hall–Kier alpha value is -3.94. The minimum atomic E-state index is -1.10. The van der Waals surface area contributed by atoms with Crippen molar-refractivity contribution in [2.75, 3.05) is 18.2 Å². The minimum Gasteiger partial charge on any atom is -0.503 e. The molecule has 0 aliphatic carbocycles. The number of Topliss-reactive ketones (excluding diaryl/α,β-unsaturated/α-hetero) is 1. The number of hydrogen-bond acceptors (Lipinski definition) is 5. The van der Waals surface area contributed by atoms with Gasteiger partial charge in [-0.2, -0.15) is 4.39 Å². The number of carbonyl (C=O) groups is 1. The van der Waals surface area contributed by atoms with Gasteiger partial charge in [-0.3, -0.25) is 19.3 Å². The molecule has 6 nitrogen and oxygen atoms in total. The van der Waals surface area contributed by atoms with Gasteiger partial charge in [0.25, 0.3) is 0 Å². The van der Waals surface area contributed by atoms with E-state index in [9.17, 15) is 19.1 Å². The van der Waals surface area contributed by atoms with E-state index in [1.54, 1.807) is 6.08 Å². The molecule has 0 spiro atoms. The number of ketones is 1. The molecule has 0 amide bonds. The lowest BCUT2D eigenvalue weighted by atomic mass is 9.78. The number of benzene rings is 2. The second-order valence-electron chi connectivity index (χ2n) is 9.47. The highest BCUT2D eigenvalue weighted by Gasteiger charge is 2.42. The van der Waals surface area contributed by atoms with Crippen LogP contribution in [0.25, 0.3) is 0 Å². The molecular weight excluding hydrogens is 466 g/mol. The lowest BCUT2D eigenvalue weighted by Crippen LogP contribution is -2.52. The smallest absolute Gasteiger partial charge is 0.224 e. The Kier molecular flexibility index (Phi) is 6.12. The predicted octanol–water partition coefficient (Wildman–Crippen LogP) is 4.59. The lowest BCUT2D eigenvalue weighted by Gasteiger charge is -2.44. The Labute approximate surface area is 207 Å². The summed E-state index contributed by atoms with van der Waals surface area (Å²) < 4.78 is 36.7. The molecule has 8 heteroatoms. The van der Waals surface area contributed by atoms with E-state index < -0.39 is 34.8 Å². The molecule has 2 aromatic carbocycles. The summed E-state index contributed by atoms with van der Waals surface area (Å²) in [5, 5.41) is 12.5. The van der Waals surface area contributed by atoms with Gasteiger partial charge in [0.15, 0.2) is 28.8 Å². The number of rotatable bonds is 2. The average Bonchev–Trinajstić information content (AvgIpc) is 2.89. The Morgan fingerprint density at radius 3 is 2.53 bits per heavy atom. The predicted molar refractivity (Wildman–Crippen MR) is 131 cm³/mol. The van der Waals surface area contributed by atoms with E-state index in [4.69, 9.17) is 4.74 Å². The highest BCUT2D eigenvalue weighted by molar-refractivity contribution is 6.00. The molecule has 1 unspecified atom stereocenters. The number of aromatic nitrogens is 1. The number of halogens is 2. The van der Waals surface area contributed by atoms with Crippen LogP contribution >= 0.6 is 0 Å². The van der Waals surface area contributed by atoms with Crippen molar-refractivity contribution < 1.29 is 23.4 Å². The van der Waals surface area contributed by atoms with Gasteiger partial charge < -0.3 is 9.84 Å². The normalized spacial score (nSPS) is 22.3. The molecule has 0 radical (unpaired) electrons. The fourth-order valence-electron chi connectivity index (χ4n) is 5.26. The summed E-state index contributed by atoms with van der Waals surface area (Å²) in [4.78, 5) is 26.1. The largest absolute Gasteiger partial charge is 0.503 e. The van der Waals surface area contributed by atoms with E-state index in [-0.39, 0.29) is 42.2 Å². The van der Waals surface area contributed by atoms with Crippen LogP contribution in [0.15, 0.2) is 71.7 Å². The summed E-state index contributed by atoms with van der Waals surface area (Å²) in [6.45, 7) is 4.16. The van der Waals surface area contributed by atoms with Crippen molar-refractivity contribution in [1.29, 1.82) is 0 Å². The Morgan fingerprint density at radius 2 is 1.81 bits per heavy atom. The Morgan fingerprint density at radius 1 is 1.06 bits per heavy atom.